The van der Waals surface area contributed by atoms with Crippen molar-refractivity contribution in [2.45, 2.75) is 59.2 Å². The summed E-state index contributed by atoms with van der Waals surface area (Å²) in [4.78, 5) is 27.6. The molecule has 29 heavy (non-hydrogen) atoms. The van der Waals surface area contributed by atoms with Crippen LogP contribution in [0, 0.1) is 6.92 Å². The number of nitrogens with one attached hydrogen (secondary N) is 1. The summed E-state index contributed by atoms with van der Waals surface area (Å²) >= 11 is 12.3. The fourth-order valence-corrected chi connectivity index (χ4v) is 3.43. The number of halogens is 2. The van der Waals surface area contributed by atoms with E-state index in [0.29, 0.717) is 10.0 Å². The largest absolute Gasteiger partial charge is 0.350 e. The summed E-state index contributed by atoms with van der Waals surface area (Å²) in [5.41, 5.74) is 2.32. The van der Waals surface area contributed by atoms with Crippen LogP contribution in [0.15, 0.2) is 42.5 Å². The molecular formula is C23H28Cl2N2O2. The Morgan fingerprint density at radius 1 is 1.07 bits per heavy atom. The standard InChI is InChI=1S/C23H28Cl2N2O2/c1-15-8-6-7-9-17(15)12-21(28)27(16(2)22(29)26-23(3,4)5)14-18-10-11-19(24)13-20(18)25/h6-11,13,16H,12,14H2,1-5H3,(H,26,29)/t16-/m1/s1. The molecule has 4 nitrogen and oxygen atoms in total. The molecule has 0 heterocycles. The van der Waals surface area contributed by atoms with Crippen LogP contribution in [0.3, 0.4) is 0 Å². The third-order valence-electron chi connectivity index (χ3n) is 4.62. The van der Waals surface area contributed by atoms with Crippen molar-refractivity contribution < 1.29 is 9.59 Å². The fraction of sp³-hybridized carbons (Fsp3) is 0.391. The van der Waals surface area contributed by atoms with Crippen molar-refractivity contribution in [3.63, 3.8) is 0 Å². The summed E-state index contributed by atoms with van der Waals surface area (Å²) < 4.78 is 0. The number of hydrogen-bond acceptors (Lipinski definition) is 2. The summed E-state index contributed by atoms with van der Waals surface area (Å²) in [6.07, 6.45) is 0.213. The van der Waals surface area contributed by atoms with Gasteiger partial charge in [-0.2, -0.15) is 0 Å². The maximum absolute atomic E-state index is 13.2. The van der Waals surface area contributed by atoms with Gasteiger partial charge in [0.2, 0.25) is 11.8 Å². The van der Waals surface area contributed by atoms with Crippen LogP contribution in [-0.2, 0) is 22.6 Å². The zero-order chi connectivity index (χ0) is 21.8. The zero-order valence-corrected chi connectivity index (χ0v) is 19.1. The van der Waals surface area contributed by atoms with Gasteiger partial charge < -0.3 is 10.2 Å². The molecular weight excluding hydrogens is 407 g/mol. The van der Waals surface area contributed by atoms with Gasteiger partial charge in [-0.05, 0) is 63.4 Å². The molecule has 0 aliphatic carbocycles. The second kappa shape index (κ2) is 9.64. The SMILES string of the molecule is Cc1ccccc1CC(=O)N(Cc1ccc(Cl)cc1Cl)[C@H](C)C(=O)NC(C)(C)C. The van der Waals surface area contributed by atoms with Crippen LogP contribution in [0.4, 0.5) is 0 Å². The number of carbonyl (C=O) groups is 2. The third kappa shape index (κ3) is 6.76. The molecule has 2 aromatic carbocycles. The lowest BCUT2D eigenvalue weighted by Crippen LogP contribution is -2.52. The smallest absolute Gasteiger partial charge is 0.242 e. The van der Waals surface area contributed by atoms with E-state index < -0.39 is 11.6 Å². The summed E-state index contributed by atoms with van der Waals surface area (Å²) in [6.45, 7) is 9.66. The highest BCUT2D eigenvalue weighted by Gasteiger charge is 2.29. The average molecular weight is 435 g/mol. The number of nitrogens with zero attached hydrogens (tertiary/aromatic N) is 1. The topological polar surface area (TPSA) is 49.4 Å². The lowest BCUT2D eigenvalue weighted by molar-refractivity contribution is -0.140. The second-order valence-corrected chi connectivity index (χ2v) is 9.12. The Balaban J connectivity index is 2.32. The molecule has 1 N–H and O–H groups in total. The van der Waals surface area contributed by atoms with Crippen molar-refractivity contribution in [3.05, 3.63) is 69.2 Å². The molecule has 0 fully saturated rings. The van der Waals surface area contributed by atoms with Crippen LogP contribution in [0.2, 0.25) is 10.0 Å². The molecule has 2 amide bonds. The van der Waals surface area contributed by atoms with Crippen LogP contribution in [0.25, 0.3) is 0 Å². The molecule has 2 rings (SSSR count). The van der Waals surface area contributed by atoms with E-state index in [9.17, 15) is 9.59 Å². The minimum Gasteiger partial charge on any atom is -0.350 e. The quantitative estimate of drug-likeness (QED) is 0.680. The number of aryl methyl sites for hydroxylation is 1. The molecule has 0 aliphatic heterocycles. The van der Waals surface area contributed by atoms with E-state index in [-0.39, 0.29) is 24.8 Å². The summed E-state index contributed by atoms with van der Waals surface area (Å²) in [6, 6.07) is 12.2. The molecule has 0 unspecified atom stereocenters. The van der Waals surface area contributed by atoms with Gasteiger partial charge in [-0.25, -0.2) is 0 Å². The molecule has 0 bridgehead atoms. The lowest BCUT2D eigenvalue weighted by atomic mass is 10.0. The van der Waals surface area contributed by atoms with Crippen molar-refractivity contribution in [3.8, 4) is 0 Å². The van der Waals surface area contributed by atoms with Crippen LogP contribution >= 0.6 is 23.2 Å². The first-order valence-corrected chi connectivity index (χ1v) is 10.3. The predicted molar refractivity (Wildman–Crippen MR) is 119 cm³/mol. The van der Waals surface area contributed by atoms with Gasteiger partial charge in [0.15, 0.2) is 0 Å². The molecule has 0 aromatic heterocycles. The van der Waals surface area contributed by atoms with Gasteiger partial charge in [-0.1, -0.05) is 53.5 Å². The molecule has 2 aromatic rings. The van der Waals surface area contributed by atoms with Crippen molar-refractivity contribution in [1.82, 2.24) is 10.2 Å². The average Bonchev–Trinajstić information content (AvgIpc) is 2.61. The minimum absolute atomic E-state index is 0.137. The molecule has 0 saturated heterocycles. The Morgan fingerprint density at radius 2 is 1.72 bits per heavy atom. The molecule has 0 spiro atoms. The van der Waals surface area contributed by atoms with Gasteiger partial charge in [-0.3, -0.25) is 9.59 Å². The molecule has 1 atom stereocenters. The van der Waals surface area contributed by atoms with Crippen molar-refractivity contribution in [2.75, 3.05) is 0 Å². The Hall–Kier alpha value is -2.04. The Labute approximate surface area is 183 Å². The van der Waals surface area contributed by atoms with E-state index in [1.807, 2.05) is 52.0 Å². The minimum atomic E-state index is -0.655. The molecule has 156 valence electrons. The molecule has 6 heteroatoms. The number of carbonyl (C=O) groups excluding carboxylic acids is 2. The van der Waals surface area contributed by atoms with E-state index in [1.54, 1.807) is 30.0 Å². The van der Waals surface area contributed by atoms with Crippen LogP contribution in [0.1, 0.15) is 44.4 Å². The highest BCUT2D eigenvalue weighted by atomic mass is 35.5. The van der Waals surface area contributed by atoms with Gasteiger partial charge in [-0.15, -0.1) is 0 Å². The normalized spacial score (nSPS) is 12.4. The van der Waals surface area contributed by atoms with Crippen LogP contribution in [-0.4, -0.2) is 28.3 Å². The van der Waals surface area contributed by atoms with Crippen molar-refractivity contribution in [2.24, 2.45) is 0 Å². The van der Waals surface area contributed by atoms with E-state index in [4.69, 9.17) is 23.2 Å². The van der Waals surface area contributed by atoms with Crippen LogP contribution < -0.4 is 5.32 Å². The van der Waals surface area contributed by atoms with Gasteiger partial charge in [0.1, 0.15) is 6.04 Å². The first-order valence-electron chi connectivity index (χ1n) is 9.58. The highest BCUT2D eigenvalue weighted by Crippen LogP contribution is 2.24. The van der Waals surface area contributed by atoms with Crippen molar-refractivity contribution >= 4 is 35.0 Å². The van der Waals surface area contributed by atoms with Gasteiger partial charge in [0, 0.05) is 22.1 Å². The number of amides is 2. The number of rotatable bonds is 6. The Kier molecular flexibility index (Phi) is 7.73. The highest BCUT2D eigenvalue weighted by molar-refractivity contribution is 6.35. The molecule has 0 aliphatic rings. The predicted octanol–water partition coefficient (Wildman–Crippen LogP) is 5.18. The molecule has 0 radical (unpaired) electrons. The fourth-order valence-electron chi connectivity index (χ4n) is 2.96. The van der Waals surface area contributed by atoms with Gasteiger partial charge >= 0.3 is 0 Å². The van der Waals surface area contributed by atoms with E-state index in [1.165, 1.54) is 0 Å². The number of hydrogen-bond donors (Lipinski definition) is 1. The first-order chi connectivity index (χ1) is 13.5. The zero-order valence-electron chi connectivity index (χ0n) is 17.6. The number of benzene rings is 2. The maximum atomic E-state index is 13.2. The van der Waals surface area contributed by atoms with Gasteiger partial charge in [0.05, 0.1) is 6.42 Å². The van der Waals surface area contributed by atoms with E-state index in [0.717, 1.165) is 16.7 Å². The summed E-state index contributed by atoms with van der Waals surface area (Å²) in [5.74, 6) is -0.345. The Morgan fingerprint density at radius 3 is 2.31 bits per heavy atom. The second-order valence-electron chi connectivity index (χ2n) is 8.28. The lowest BCUT2D eigenvalue weighted by Gasteiger charge is -2.32. The molecule has 0 saturated carbocycles. The van der Waals surface area contributed by atoms with Gasteiger partial charge in [0.25, 0.3) is 0 Å². The monoisotopic (exact) mass is 434 g/mol. The summed E-state index contributed by atoms with van der Waals surface area (Å²) in [7, 11) is 0. The maximum Gasteiger partial charge on any atom is 0.242 e. The Bertz CT molecular complexity index is 891. The van der Waals surface area contributed by atoms with Crippen molar-refractivity contribution in [1.29, 1.82) is 0 Å². The van der Waals surface area contributed by atoms with Crippen LogP contribution in [0.5, 0.6) is 0 Å². The summed E-state index contributed by atoms with van der Waals surface area (Å²) in [5, 5.41) is 3.94. The first kappa shape index (κ1) is 23.2. The van der Waals surface area contributed by atoms with E-state index >= 15 is 0 Å². The third-order valence-corrected chi connectivity index (χ3v) is 5.21. The van der Waals surface area contributed by atoms with E-state index in [2.05, 4.69) is 5.32 Å².